The van der Waals surface area contributed by atoms with Crippen LogP contribution in [0.15, 0.2) is 120 Å². The van der Waals surface area contributed by atoms with Crippen LogP contribution in [0.4, 0.5) is 5.69 Å². The van der Waals surface area contributed by atoms with Gasteiger partial charge in [-0.2, -0.15) is 0 Å². The van der Waals surface area contributed by atoms with Gasteiger partial charge in [0, 0.05) is 33.9 Å². The van der Waals surface area contributed by atoms with E-state index >= 15 is 0 Å². The van der Waals surface area contributed by atoms with E-state index < -0.39 is 0 Å². The predicted molar refractivity (Wildman–Crippen MR) is 159 cm³/mol. The third kappa shape index (κ3) is 4.83. The third-order valence-corrected chi connectivity index (χ3v) is 7.45. The summed E-state index contributed by atoms with van der Waals surface area (Å²) in [6.45, 7) is 2.06. The zero-order valence-corrected chi connectivity index (χ0v) is 23.1. The summed E-state index contributed by atoms with van der Waals surface area (Å²) in [7, 11) is 0. The zero-order chi connectivity index (χ0) is 26.1. The molecule has 6 rings (SSSR count). The van der Waals surface area contributed by atoms with Crippen molar-refractivity contribution in [1.82, 2.24) is 14.9 Å². The first-order valence-electron chi connectivity index (χ1n) is 12.4. The Kier molecular flexibility index (Phi) is 6.70. The summed E-state index contributed by atoms with van der Waals surface area (Å²) in [4.78, 5) is 6.86. The molecule has 7 heteroatoms. The molecule has 1 aliphatic heterocycles. The van der Waals surface area contributed by atoms with Gasteiger partial charge in [0.2, 0.25) is 0 Å². The lowest BCUT2D eigenvalue weighted by Crippen LogP contribution is -2.30. The number of hydrogen-bond acceptors (Lipinski definition) is 3. The van der Waals surface area contributed by atoms with Crippen molar-refractivity contribution in [3.05, 3.63) is 137 Å². The summed E-state index contributed by atoms with van der Waals surface area (Å²) in [6, 6.07) is 34.4. The number of aromatic nitrogens is 2. The minimum atomic E-state index is -0.131. The highest BCUT2D eigenvalue weighted by atomic mass is 79.9. The van der Waals surface area contributed by atoms with Gasteiger partial charge in [0.05, 0.1) is 11.7 Å². The molecule has 3 heterocycles. The quantitative estimate of drug-likeness (QED) is 0.207. The number of halogens is 1. The summed E-state index contributed by atoms with van der Waals surface area (Å²) < 4.78 is 9.31. The number of ether oxygens (including phenoxy) is 1. The first kappa shape index (κ1) is 24.4. The molecular weight excluding hydrogens is 556 g/mol. The van der Waals surface area contributed by atoms with E-state index in [1.165, 1.54) is 5.56 Å². The van der Waals surface area contributed by atoms with Crippen molar-refractivity contribution in [3.8, 4) is 17.2 Å². The molecule has 0 amide bonds. The number of nitrogens with one attached hydrogen (secondary N) is 1. The number of nitrogens with zero attached hydrogens (tertiary/aromatic N) is 3. The van der Waals surface area contributed by atoms with Gasteiger partial charge in [-0.05, 0) is 98.0 Å². The van der Waals surface area contributed by atoms with E-state index in [0.29, 0.717) is 5.11 Å². The highest BCUT2D eigenvalue weighted by Crippen LogP contribution is 2.42. The maximum Gasteiger partial charge on any atom is 0.174 e. The minimum absolute atomic E-state index is 0.129. The molecule has 3 aromatic carbocycles. The maximum absolute atomic E-state index is 6.07. The Balaban J connectivity index is 1.39. The van der Waals surface area contributed by atoms with E-state index in [-0.39, 0.29) is 12.1 Å². The summed E-state index contributed by atoms with van der Waals surface area (Å²) >= 11 is 9.54. The molecule has 0 radical (unpaired) electrons. The molecule has 0 aliphatic carbocycles. The van der Waals surface area contributed by atoms with Crippen LogP contribution in [-0.4, -0.2) is 14.7 Å². The van der Waals surface area contributed by atoms with Crippen LogP contribution in [-0.2, 0) is 0 Å². The molecule has 0 unspecified atom stereocenters. The van der Waals surface area contributed by atoms with Gasteiger partial charge < -0.3 is 19.5 Å². The molecule has 38 heavy (non-hydrogen) atoms. The average Bonchev–Trinajstić information content (AvgIpc) is 3.55. The van der Waals surface area contributed by atoms with Gasteiger partial charge in [-0.15, -0.1) is 0 Å². The second kappa shape index (κ2) is 10.4. The second-order valence-electron chi connectivity index (χ2n) is 9.19. The molecule has 1 aliphatic rings. The SMILES string of the molecule is Cc1ccc(Oc2ccc(N3C(=S)N[C@@H](c4ccccn4)[C@@H]3c3cccn3-c3cccc(Br)c3)cc2)cc1. The van der Waals surface area contributed by atoms with Gasteiger partial charge in [0.25, 0.3) is 0 Å². The first-order valence-corrected chi connectivity index (χ1v) is 13.6. The number of anilines is 1. The highest BCUT2D eigenvalue weighted by molar-refractivity contribution is 9.10. The van der Waals surface area contributed by atoms with E-state index in [4.69, 9.17) is 17.0 Å². The average molecular weight is 582 g/mol. The van der Waals surface area contributed by atoms with E-state index in [2.05, 4.69) is 85.2 Å². The fourth-order valence-electron chi connectivity index (χ4n) is 4.85. The number of aryl methyl sites for hydroxylation is 1. The van der Waals surface area contributed by atoms with Crippen LogP contribution >= 0.6 is 28.1 Å². The third-order valence-electron chi connectivity index (χ3n) is 6.64. The lowest BCUT2D eigenvalue weighted by Gasteiger charge is -2.29. The fraction of sp³-hybridized carbons (Fsp3) is 0.0968. The van der Waals surface area contributed by atoms with Crippen LogP contribution in [0.25, 0.3) is 5.69 Å². The Bertz CT molecular complexity index is 1570. The van der Waals surface area contributed by atoms with Crippen LogP contribution in [0.3, 0.4) is 0 Å². The molecule has 5 aromatic rings. The standard InChI is InChI=1S/C31H25BrN4OS/c1-21-10-14-25(15-11-21)37-26-16-12-23(13-17-26)36-30(29(34-31(36)38)27-8-2-3-18-33-27)28-9-5-19-35(28)24-7-4-6-22(32)20-24/h2-20,29-30H,1H3,(H,34,38)/t29-,30-/m0/s1. The molecule has 1 saturated heterocycles. The van der Waals surface area contributed by atoms with Gasteiger partial charge in [-0.25, -0.2) is 0 Å². The summed E-state index contributed by atoms with van der Waals surface area (Å²) in [5, 5.41) is 4.20. The van der Waals surface area contributed by atoms with Crippen LogP contribution in [0.2, 0.25) is 0 Å². The molecule has 0 saturated carbocycles. The Morgan fingerprint density at radius 2 is 1.61 bits per heavy atom. The molecule has 2 atom stereocenters. The van der Waals surface area contributed by atoms with Crippen molar-refractivity contribution < 1.29 is 4.74 Å². The predicted octanol–water partition coefficient (Wildman–Crippen LogP) is 7.91. The Labute approximate surface area is 235 Å². The molecule has 1 fully saturated rings. The van der Waals surface area contributed by atoms with E-state index in [0.717, 1.165) is 38.7 Å². The summed E-state index contributed by atoms with van der Waals surface area (Å²) in [5.41, 5.74) is 5.28. The molecule has 0 bridgehead atoms. The number of rotatable bonds is 6. The van der Waals surface area contributed by atoms with Crippen LogP contribution in [0.5, 0.6) is 11.5 Å². The van der Waals surface area contributed by atoms with Crippen LogP contribution < -0.4 is 15.0 Å². The number of thiocarbonyl (C=S) groups is 1. The highest BCUT2D eigenvalue weighted by Gasteiger charge is 2.42. The summed E-state index contributed by atoms with van der Waals surface area (Å²) in [6.07, 6.45) is 3.91. The zero-order valence-electron chi connectivity index (χ0n) is 20.7. The topological polar surface area (TPSA) is 42.3 Å². The van der Waals surface area contributed by atoms with Crippen molar-refractivity contribution in [3.63, 3.8) is 0 Å². The van der Waals surface area contributed by atoms with Gasteiger partial charge in [0.1, 0.15) is 17.5 Å². The lowest BCUT2D eigenvalue weighted by atomic mass is 10.0. The smallest absolute Gasteiger partial charge is 0.174 e. The number of benzene rings is 3. The van der Waals surface area contributed by atoms with Crippen LogP contribution in [0, 0.1) is 6.92 Å². The van der Waals surface area contributed by atoms with Gasteiger partial charge in [0.15, 0.2) is 5.11 Å². The van der Waals surface area contributed by atoms with Crippen molar-refractivity contribution in [2.24, 2.45) is 0 Å². The van der Waals surface area contributed by atoms with E-state index in [9.17, 15) is 0 Å². The minimum Gasteiger partial charge on any atom is -0.457 e. The Hall–Kier alpha value is -3.94. The first-order chi connectivity index (χ1) is 18.6. The van der Waals surface area contributed by atoms with Crippen molar-refractivity contribution in [1.29, 1.82) is 0 Å². The van der Waals surface area contributed by atoms with E-state index in [1.807, 2.05) is 72.9 Å². The summed E-state index contributed by atoms with van der Waals surface area (Å²) in [5.74, 6) is 1.58. The lowest BCUT2D eigenvalue weighted by molar-refractivity contribution is 0.482. The van der Waals surface area contributed by atoms with Crippen molar-refractivity contribution in [2.75, 3.05) is 4.90 Å². The molecule has 0 spiro atoms. The second-order valence-corrected chi connectivity index (χ2v) is 10.5. The maximum atomic E-state index is 6.07. The normalized spacial score (nSPS) is 16.9. The molecule has 5 nitrogen and oxygen atoms in total. The van der Waals surface area contributed by atoms with Gasteiger partial charge in [-0.1, -0.05) is 45.8 Å². The number of hydrogen-bond donors (Lipinski definition) is 1. The monoisotopic (exact) mass is 580 g/mol. The fourth-order valence-corrected chi connectivity index (χ4v) is 5.58. The van der Waals surface area contributed by atoms with Crippen molar-refractivity contribution >= 4 is 38.9 Å². The Morgan fingerprint density at radius 3 is 2.32 bits per heavy atom. The molecule has 188 valence electrons. The molecular formula is C31H25BrN4OS. The molecule has 1 N–H and O–H groups in total. The van der Waals surface area contributed by atoms with E-state index in [1.54, 1.807) is 0 Å². The van der Waals surface area contributed by atoms with Gasteiger partial charge in [-0.3, -0.25) is 4.98 Å². The largest absolute Gasteiger partial charge is 0.457 e. The Morgan fingerprint density at radius 1 is 0.842 bits per heavy atom. The van der Waals surface area contributed by atoms with Crippen molar-refractivity contribution in [2.45, 2.75) is 19.0 Å². The van der Waals surface area contributed by atoms with Gasteiger partial charge >= 0.3 is 0 Å². The molecule has 2 aromatic heterocycles. The van der Waals surface area contributed by atoms with Crippen LogP contribution in [0.1, 0.15) is 29.0 Å². The number of pyridine rings is 1.